The minimum absolute atomic E-state index is 0.107. The molecule has 84 valence electrons. The lowest BCUT2D eigenvalue weighted by atomic mass is 10.2. The molecular weight excluding hydrogens is 216 g/mol. The number of hydrogen-bond acceptors (Lipinski definition) is 4. The van der Waals surface area contributed by atoms with Crippen LogP contribution in [0, 0.1) is 6.92 Å². The molecule has 0 spiro atoms. The van der Waals surface area contributed by atoms with E-state index in [9.17, 15) is 4.79 Å². The van der Waals surface area contributed by atoms with Gasteiger partial charge in [0.05, 0.1) is 12.4 Å². The van der Waals surface area contributed by atoms with Gasteiger partial charge in [-0.05, 0) is 13.0 Å². The first-order chi connectivity index (χ1) is 7.04. The maximum absolute atomic E-state index is 10.7. The number of aryl methyl sites for hydroxylation is 1. The number of aliphatic hydroxyl groups is 1. The number of hydrogen-bond donors (Lipinski definition) is 2. The fraction of sp³-hybridized carbons (Fsp3) is 0.500. The molecule has 0 fully saturated rings. The first kappa shape index (κ1) is 12.1. The van der Waals surface area contributed by atoms with Gasteiger partial charge in [0, 0.05) is 5.25 Å². The molecule has 0 aliphatic rings. The molecule has 5 heteroatoms. The number of aromatic carboxylic acids is 1. The van der Waals surface area contributed by atoms with Crippen LogP contribution in [0.25, 0.3) is 0 Å². The van der Waals surface area contributed by atoms with Gasteiger partial charge in [-0.15, -0.1) is 11.8 Å². The van der Waals surface area contributed by atoms with Crippen molar-refractivity contribution in [3.63, 3.8) is 0 Å². The molecule has 0 aromatic carbocycles. The summed E-state index contributed by atoms with van der Waals surface area (Å²) >= 11 is 1.53. The van der Waals surface area contributed by atoms with Crippen LogP contribution >= 0.6 is 11.8 Å². The van der Waals surface area contributed by atoms with Crippen molar-refractivity contribution in [1.29, 1.82) is 0 Å². The van der Waals surface area contributed by atoms with Gasteiger partial charge in [0.15, 0.2) is 0 Å². The van der Waals surface area contributed by atoms with Crippen LogP contribution in [0.2, 0.25) is 0 Å². The van der Waals surface area contributed by atoms with Crippen LogP contribution in [0.3, 0.4) is 0 Å². The predicted molar refractivity (Wildman–Crippen MR) is 58.2 cm³/mol. The summed E-state index contributed by atoms with van der Waals surface area (Å²) in [5.74, 6) is 0.670. The summed E-state index contributed by atoms with van der Waals surface area (Å²) in [6, 6.07) is 1.54. The van der Waals surface area contributed by atoms with E-state index >= 15 is 0 Å². The normalized spacial score (nSPS) is 12.7. The van der Waals surface area contributed by atoms with E-state index in [4.69, 9.17) is 14.6 Å². The second-order valence-corrected chi connectivity index (χ2v) is 4.72. The van der Waals surface area contributed by atoms with Gasteiger partial charge in [-0.1, -0.05) is 6.92 Å². The van der Waals surface area contributed by atoms with Crippen LogP contribution in [0.4, 0.5) is 0 Å². The molecule has 15 heavy (non-hydrogen) atoms. The fourth-order valence-corrected chi connectivity index (χ4v) is 1.80. The zero-order chi connectivity index (χ0) is 11.4. The minimum Gasteiger partial charge on any atom is -0.478 e. The van der Waals surface area contributed by atoms with E-state index in [-0.39, 0.29) is 17.4 Å². The quantitative estimate of drug-likeness (QED) is 0.808. The summed E-state index contributed by atoms with van der Waals surface area (Å²) in [6.07, 6.45) is 0. The number of carbonyl (C=O) groups is 1. The zero-order valence-electron chi connectivity index (χ0n) is 8.69. The number of carboxylic acids is 1. The topological polar surface area (TPSA) is 70.7 Å². The Hall–Kier alpha value is -0.940. The highest BCUT2D eigenvalue weighted by molar-refractivity contribution is 7.99. The van der Waals surface area contributed by atoms with Crippen LogP contribution in [-0.2, 0) is 5.75 Å². The van der Waals surface area contributed by atoms with E-state index in [1.54, 1.807) is 6.92 Å². The third-order valence-electron chi connectivity index (χ3n) is 1.97. The number of furan rings is 1. The Bertz CT molecular complexity index is 345. The SMILES string of the molecule is Cc1oc(CSC(C)CO)cc1C(=O)O. The van der Waals surface area contributed by atoms with E-state index in [1.807, 2.05) is 6.92 Å². The fourth-order valence-electron chi connectivity index (χ4n) is 1.10. The lowest BCUT2D eigenvalue weighted by Crippen LogP contribution is -2.01. The van der Waals surface area contributed by atoms with E-state index in [2.05, 4.69) is 0 Å². The first-order valence-electron chi connectivity index (χ1n) is 4.59. The molecule has 0 saturated carbocycles. The average Bonchev–Trinajstić information content (AvgIpc) is 2.56. The van der Waals surface area contributed by atoms with E-state index < -0.39 is 5.97 Å². The van der Waals surface area contributed by atoms with Crippen molar-refractivity contribution in [2.45, 2.75) is 24.9 Å². The van der Waals surface area contributed by atoms with Crippen LogP contribution in [-0.4, -0.2) is 28.0 Å². The van der Waals surface area contributed by atoms with Gasteiger partial charge >= 0.3 is 5.97 Å². The highest BCUT2D eigenvalue weighted by Gasteiger charge is 2.14. The Morgan fingerprint density at radius 1 is 1.67 bits per heavy atom. The highest BCUT2D eigenvalue weighted by Crippen LogP contribution is 2.21. The maximum atomic E-state index is 10.7. The molecule has 0 radical (unpaired) electrons. The van der Waals surface area contributed by atoms with E-state index in [0.29, 0.717) is 17.3 Å². The Morgan fingerprint density at radius 2 is 2.33 bits per heavy atom. The van der Waals surface area contributed by atoms with Gasteiger partial charge in [-0.3, -0.25) is 0 Å². The Kier molecular flexibility index (Phi) is 4.23. The average molecular weight is 230 g/mol. The summed E-state index contributed by atoms with van der Waals surface area (Å²) in [7, 11) is 0. The molecule has 0 saturated heterocycles. The summed E-state index contributed by atoms with van der Waals surface area (Å²) < 4.78 is 5.29. The van der Waals surface area contributed by atoms with Crippen LogP contribution < -0.4 is 0 Å². The molecule has 1 unspecified atom stereocenters. The molecular formula is C10H14O4S. The second kappa shape index (κ2) is 5.23. The predicted octanol–water partition coefficient (Wildman–Crippen LogP) is 1.90. The van der Waals surface area contributed by atoms with E-state index in [1.165, 1.54) is 17.8 Å². The lowest BCUT2D eigenvalue weighted by molar-refractivity contribution is 0.0695. The Morgan fingerprint density at radius 3 is 2.80 bits per heavy atom. The third kappa shape index (κ3) is 3.28. The van der Waals surface area contributed by atoms with Crippen LogP contribution in [0.5, 0.6) is 0 Å². The molecule has 0 bridgehead atoms. The van der Waals surface area contributed by atoms with Crippen LogP contribution in [0.15, 0.2) is 10.5 Å². The molecule has 0 aliphatic heterocycles. The monoisotopic (exact) mass is 230 g/mol. The van der Waals surface area contributed by atoms with E-state index in [0.717, 1.165) is 0 Å². The van der Waals surface area contributed by atoms with Crippen LogP contribution in [0.1, 0.15) is 28.8 Å². The second-order valence-electron chi connectivity index (χ2n) is 3.29. The van der Waals surface area contributed by atoms with Crippen molar-refractivity contribution in [1.82, 2.24) is 0 Å². The molecule has 0 amide bonds. The minimum atomic E-state index is -0.970. The third-order valence-corrected chi connectivity index (χ3v) is 3.14. The first-order valence-corrected chi connectivity index (χ1v) is 5.64. The number of aliphatic hydroxyl groups excluding tert-OH is 1. The van der Waals surface area contributed by atoms with Gasteiger partial charge in [-0.25, -0.2) is 4.79 Å². The number of rotatable bonds is 5. The number of carboxylic acid groups (broad SMARTS) is 1. The van der Waals surface area contributed by atoms with Crippen molar-refractivity contribution in [3.8, 4) is 0 Å². The van der Waals surface area contributed by atoms with Crippen molar-refractivity contribution in [3.05, 3.63) is 23.2 Å². The molecule has 1 heterocycles. The molecule has 0 aliphatic carbocycles. The lowest BCUT2D eigenvalue weighted by Gasteiger charge is -2.04. The Balaban J connectivity index is 2.63. The van der Waals surface area contributed by atoms with Crippen molar-refractivity contribution in [2.24, 2.45) is 0 Å². The summed E-state index contributed by atoms with van der Waals surface area (Å²) in [5.41, 5.74) is 0.210. The van der Waals surface area contributed by atoms with Crippen molar-refractivity contribution in [2.75, 3.05) is 6.61 Å². The molecule has 1 aromatic heterocycles. The summed E-state index contributed by atoms with van der Waals surface area (Å²) in [4.78, 5) is 10.7. The van der Waals surface area contributed by atoms with Gasteiger partial charge < -0.3 is 14.6 Å². The maximum Gasteiger partial charge on any atom is 0.339 e. The molecule has 1 aromatic rings. The zero-order valence-corrected chi connectivity index (χ0v) is 9.50. The Labute approximate surface area is 92.3 Å². The van der Waals surface area contributed by atoms with Gasteiger partial charge in [-0.2, -0.15) is 0 Å². The largest absolute Gasteiger partial charge is 0.478 e. The highest BCUT2D eigenvalue weighted by atomic mass is 32.2. The van der Waals surface area contributed by atoms with Crippen molar-refractivity contribution >= 4 is 17.7 Å². The molecule has 2 N–H and O–H groups in total. The number of thioether (sulfide) groups is 1. The standard InChI is InChI=1S/C10H14O4S/c1-6(4-11)15-5-8-3-9(10(12)13)7(2)14-8/h3,6,11H,4-5H2,1-2H3,(H,12,13). The van der Waals surface area contributed by atoms with Gasteiger partial charge in [0.25, 0.3) is 0 Å². The molecule has 1 rings (SSSR count). The smallest absolute Gasteiger partial charge is 0.339 e. The molecule has 1 atom stereocenters. The molecule has 4 nitrogen and oxygen atoms in total. The van der Waals surface area contributed by atoms with Gasteiger partial charge in [0.1, 0.15) is 17.1 Å². The van der Waals surface area contributed by atoms with Crippen molar-refractivity contribution < 1.29 is 19.4 Å². The summed E-state index contributed by atoms with van der Waals surface area (Å²) in [6.45, 7) is 3.64. The van der Waals surface area contributed by atoms with Gasteiger partial charge in [0.2, 0.25) is 0 Å². The summed E-state index contributed by atoms with van der Waals surface area (Å²) in [5, 5.41) is 17.7.